The molecule has 0 unspecified atom stereocenters. The Labute approximate surface area is 420 Å². The molecule has 0 N–H and O–H groups in total. The zero-order chi connectivity index (χ0) is 48.6. The summed E-state index contributed by atoms with van der Waals surface area (Å²) in [4.78, 5) is 4.67. The van der Waals surface area contributed by atoms with Crippen molar-refractivity contribution in [3.8, 4) is 0 Å². The zero-order valence-corrected chi connectivity index (χ0v) is 40.5. The van der Waals surface area contributed by atoms with Crippen molar-refractivity contribution >= 4 is 138 Å². The molecule has 346 valence electrons. The van der Waals surface area contributed by atoms with Crippen LogP contribution in [0.15, 0.2) is 222 Å². The number of rotatable bonds is 9. The van der Waals surface area contributed by atoms with Crippen molar-refractivity contribution in [2.45, 2.75) is 20.8 Å². The Morgan fingerprint density at radius 1 is 0.479 bits per heavy atom. The van der Waals surface area contributed by atoms with Gasteiger partial charge in [0.15, 0.2) is 11.3 Å². The monoisotopic (exact) mass is 938 g/mol. The first kappa shape index (κ1) is 41.3. The predicted octanol–water partition coefficient (Wildman–Crippen LogP) is 19.0. The number of fused-ring (bicyclic) bond motifs is 15. The second kappa shape index (κ2) is 15.5. The van der Waals surface area contributed by atoms with Gasteiger partial charge in [0.05, 0.1) is 44.5 Å². The molecule has 73 heavy (non-hydrogen) atoms. The molecule has 6 heteroatoms. The molecule has 0 saturated carbocycles. The summed E-state index contributed by atoms with van der Waals surface area (Å²) < 4.78 is 18.3. The van der Waals surface area contributed by atoms with Crippen LogP contribution >= 0.6 is 0 Å². The fourth-order valence-electron chi connectivity index (χ4n) is 12.3. The van der Waals surface area contributed by atoms with Crippen LogP contribution in [0.1, 0.15) is 29.6 Å². The standard InChI is InChI=1S/C67H46N4O2/c1-5-7-23-46-40(3)66(72-41(46)4)57(6-2)68(42-19-10-8-11-20-42)44-32-34-58-53(36-44)48-25-16-27-50-55-39-62-56(38-61(55)70(58)64(48)50)51-28-17-26-49-54-37-45(33-35-59(54)71(62)65(49)51)69(43-21-12-9-13-22-43)60-30-18-29-52-47-24-14-15-31-63(47)73-67(52)60/h5-39H,1H2,2-4H3/b23-7-,57-6+. The second-order valence-electron chi connectivity index (χ2n) is 19.3. The third kappa shape index (κ3) is 5.74. The number of furan rings is 2. The van der Waals surface area contributed by atoms with E-state index in [1.807, 2.05) is 19.1 Å². The summed E-state index contributed by atoms with van der Waals surface area (Å²) in [6.45, 7) is 10.2. The molecule has 9 aromatic carbocycles. The maximum atomic E-state index is 6.65. The molecule has 6 aromatic heterocycles. The molecular weight excluding hydrogens is 893 g/mol. The Hall–Kier alpha value is -9.52. The van der Waals surface area contributed by atoms with Crippen LogP contribution in [-0.2, 0) is 0 Å². The van der Waals surface area contributed by atoms with Crippen LogP contribution in [0.3, 0.4) is 0 Å². The summed E-state index contributed by atoms with van der Waals surface area (Å²) in [5.41, 5.74) is 17.4. The van der Waals surface area contributed by atoms with Gasteiger partial charge in [0.2, 0.25) is 0 Å². The minimum atomic E-state index is 0.848. The molecule has 15 rings (SSSR count). The summed E-state index contributed by atoms with van der Waals surface area (Å²) in [5, 5.41) is 12.1. The van der Waals surface area contributed by atoms with E-state index in [4.69, 9.17) is 8.83 Å². The van der Waals surface area contributed by atoms with Crippen molar-refractivity contribution in [1.82, 2.24) is 8.80 Å². The highest BCUT2D eigenvalue weighted by molar-refractivity contribution is 6.29. The highest BCUT2D eigenvalue weighted by Gasteiger charge is 2.27. The SMILES string of the molecule is C=C/C=C\c1c(C)oc(/C(=C\C)N(c2ccccc2)c2ccc3c(c2)c2cccc4c5cc6c(cc5n3c24)c2cccc3c4cc(N(c5ccccc5)c5cccc7c5oc5ccccc57)ccc4n6c32)c1C. The van der Waals surface area contributed by atoms with Crippen molar-refractivity contribution in [2.75, 3.05) is 9.80 Å². The Morgan fingerprint density at radius 2 is 1.01 bits per heavy atom. The van der Waals surface area contributed by atoms with Crippen molar-refractivity contribution in [1.29, 1.82) is 0 Å². The summed E-state index contributed by atoms with van der Waals surface area (Å²) in [6.07, 6.45) is 8.01. The van der Waals surface area contributed by atoms with E-state index in [-0.39, 0.29) is 0 Å². The Morgan fingerprint density at radius 3 is 1.64 bits per heavy atom. The fraction of sp³-hybridized carbons (Fsp3) is 0.0448. The van der Waals surface area contributed by atoms with E-state index in [1.165, 1.54) is 76.2 Å². The van der Waals surface area contributed by atoms with Gasteiger partial charge in [-0.25, -0.2) is 0 Å². The van der Waals surface area contributed by atoms with Crippen LogP contribution in [-0.4, -0.2) is 8.80 Å². The molecule has 0 fully saturated rings. The van der Waals surface area contributed by atoms with Gasteiger partial charge in [-0.3, -0.25) is 0 Å². The second-order valence-corrected chi connectivity index (χ2v) is 19.3. The van der Waals surface area contributed by atoms with Gasteiger partial charge in [-0.1, -0.05) is 134 Å². The first-order valence-electron chi connectivity index (χ1n) is 25.0. The van der Waals surface area contributed by atoms with Crippen LogP contribution in [0.2, 0.25) is 0 Å². The normalized spacial score (nSPS) is 12.7. The number of allylic oxidation sites excluding steroid dienone is 3. The van der Waals surface area contributed by atoms with Crippen LogP contribution in [0, 0.1) is 13.8 Å². The number of anilines is 5. The minimum Gasteiger partial charge on any atom is -0.459 e. The zero-order valence-electron chi connectivity index (χ0n) is 40.5. The summed E-state index contributed by atoms with van der Waals surface area (Å²) in [5.74, 6) is 1.73. The van der Waals surface area contributed by atoms with Gasteiger partial charge in [0.25, 0.3) is 0 Å². The molecule has 0 radical (unpaired) electrons. The van der Waals surface area contributed by atoms with E-state index in [1.54, 1.807) is 6.08 Å². The van der Waals surface area contributed by atoms with E-state index in [0.29, 0.717) is 0 Å². The highest BCUT2D eigenvalue weighted by atomic mass is 16.3. The molecule has 0 saturated heterocycles. The summed E-state index contributed by atoms with van der Waals surface area (Å²) >= 11 is 0. The lowest BCUT2D eigenvalue weighted by Crippen LogP contribution is -2.15. The summed E-state index contributed by atoms with van der Waals surface area (Å²) in [7, 11) is 0. The van der Waals surface area contributed by atoms with Gasteiger partial charge >= 0.3 is 0 Å². The summed E-state index contributed by atoms with van der Waals surface area (Å²) in [6, 6.07) is 68.4. The molecule has 0 amide bonds. The molecule has 0 atom stereocenters. The maximum Gasteiger partial charge on any atom is 0.159 e. The molecule has 0 aliphatic carbocycles. The largest absolute Gasteiger partial charge is 0.459 e. The van der Waals surface area contributed by atoms with E-state index in [2.05, 4.69) is 233 Å². The first-order valence-corrected chi connectivity index (χ1v) is 25.0. The van der Waals surface area contributed by atoms with E-state index in [9.17, 15) is 0 Å². The van der Waals surface area contributed by atoms with Gasteiger partial charge in [0.1, 0.15) is 11.3 Å². The molecule has 0 aliphatic heterocycles. The van der Waals surface area contributed by atoms with Crippen molar-refractivity contribution < 1.29 is 8.83 Å². The molecule has 6 nitrogen and oxygen atoms in total. The van der Waals surface area contributed by atoms with Crippen LogP contribution in [0.4, 0.5) is 28.4 Å². The third-order valence-corrected chi connectivity index (χ3v) is 15.4. The van der Waals surface area contributed by atoms with Crippen LogP contribution < -0.4 is 9.80 Å². The fourth-order valence-corrected chi connectivity index (χ4v) is 12.3. The Kier molecular flexibility index (Phi) is 8.76. The molecule has 0 bridgehead atoms. The Bertz CT molecular complexity index is 4790. The molecular formula is C67H46N4O2. The minimum absolute atomic E-state index is 0.848. The number of para-hydroxylation sites is 6. The number of benzene rings is 9. The van der Waals surface area contributed by atoms with Gasteiger partial charge in [-0.05, 0) is 106 Å². The van der Waals surface area contributed by atoms with Gasteiger partial charge in [0, 0.05) is 87.7 Å². The highest BCUT2D eigenvalue weighted by Crippen LogP contribution is 2.48. The predicted molar refractivity (Wildman–Crippen MR) is 307 cm³/mol. The van der Waals surface area contributed by atoms with Gasteiger partial charge in [-0.2, -0.15) is 0 Å². The topological polar surface area (TPSA) is 41.6 Å². The maximum absolute atomic E-state index is 6.65. The van der Waals surface area contributed by atoms with E-state index >= 15 is 0 Å². The van der Waals surface area contributed by atoms with Crippen LogP contribution in [0.5, 0.6) is 0 Å². The number of nitrogens with zero attached hydrogens (tertiary/aromatic N) is 4. The first-order chi connectivity index (χ1) is 36.0. The van der Waals surface area contributed by atoms with Crippen molar-refractivity contribution in [2.24, 2.45) is 0 Å². The number of hydrogen-bond donors (Lipinski definition) is 0. The quantitative estimate of drug-likeness (QED) is 0.135. The van der Waals surface area contributed by atoms with Crippen molar-refractivity contribution in [3.63, 3.8) is 0 Å². The van der Waals surface area contributed by atoms with Crippen LogP contribution in [0.25, 0.3) is 110 Å². The lowest BCUT2D eigenvalue weighted by Gasteiger charge is -2.27. The number of aryl methyl sites for hydroxylation is 1. The average molecular weight is 939 g/mol. The van der Waals surface area contributed by atoms with E-state index in [0.717, 1.165) is 78.7 Å². The van der Waals surface area contributed by atoms with Crippen molar-refractivity contribution in [3.05, 3.63) is 236 Å². The smallest absolute Gasteiger partial charge is 0.159 e. The lowest BCUT2D eigenvalue weighted by atomic mass is 10.0. The third-order valence-electron chi connectivity index (χ3n) is 15.4. The van der Waals surface area contributed by atoms with Gasteiger partial charge < -0.3 is 27.4 Å². The number of hydrogen-bond acceptors (Lipinski definition) is 4. The average Bonchev–Trinajstić information content (AvgIpc) is 4.35. The lowest BCUT2D eigenvalue weighted by molar-refractivity contribution is 0.518. The molecule has 6 heterocycles. The Balaban J connectivity index is 0.912. The van der Waals surface area contributed by atoms with Gasteiger partial charge in [-0.15, -0.1) is 0 Å². The molecule has 15 aromatic rings. The van der Waals surface area contributed by atoms with E-state index < -0.39 is 0 Å². The molecule has 0 aliphatic rings. The molecule has 0 spiro atoms. The number of aromatic nitrogens is 2.